The van der Waals surface area contributed by atoms with Crippen LogP contribution in [0, 0.1) is 12.3 Å². The Balaban J connectivity index is 2.94. The van der Waals surface area contributed by atoms with Crippen LogP contribution in [0.2, 0.25) is 0 Å². The molecule has 0 aliphatic rings. The van der Waals surface area contributed by atoms with Crippen LogP contribution in [-0.2, 0) is 6.54 Å². The maximum Gasteiger partial charge on any atom is 0.156 e. The van der Waals surface area contributed by atoms with Crippen molar-refractivity contribution in [2.24, 2.45) is 0 Å². The van der Waals surface area contributed by atoms with Crippen molar-refractivity contribution in [2.45, 2.75) is 19.6 Å². The minimum atomic E-state index is -0.836. The summed E-state index contributed by atoms with van der Waals surface area (Å²) in [4.78, 5) is 3.87. The van der Waals surface area contributed by atoms with Gasteiger partial charge in [-0.1, -0.05) is 5.92 Å². The molecule has 0 saturated heterocycles. The molecule has 1 N–H and O–H groups in total. The van der Waals surface area contributed by atoms with Gasteiger partial charge in [0.05, 0.1) is 18.2 Å². The molecule has 58 valence electrons. The highest BCUT2D eigenvalue weighted by atomic mass is 16.3. The predicted molar refractivity (Wildman–Crippen MR) is 41.7 cm³/mol. The Hall–Kier alpha value is -1.27. The van der Waals surface area contributed by atoms with Crippen molar-refractivity contribution in [1.29, 1.82) is 0 Å². The maximum absolute atomic E-state index is 9.23. The first-order chi connectivity index (χ1) is 5.29. The molecule has 0 saturated carbocycles. The number of rotatable bonds is 2. The Kier molecular flexibility index (Phi) is 2.29. The van der Waals surface area contributed by atoms with Crippen molar-refractivity contribution in [3.8, 4) is 12.3 Å². The summed E-state index contributed by atoms with van der Waals surface area (Å²) in [6, 6.07) is 0. The monoisotopic (exact) mass is 150 g/mol. The summed E-state index contributed by atoms with van der Waals surface area (Å²) in [5, 5.41) is 9.23. The summed E-state index contributed by atoms with van der Waals surface area (Å²) in [6.07, 6.45) is 7.44. The zero-order valence-electron chi connectivity index (χ0n) is 6.36. The highest BCUT2D eigenvalue weighted by Crippen LogP contribution is 2.09. The molecule has 0 bridgehead atoms. The van der Waals surface area contributed by atoms with Gasteiger partial charge < -0.3 is 9.67 Å². The van der Waals surface area contributed by atoms with Gasteiger partial charge in [-0.05, 0) is 6.92 Å². The fourth-order valence-corrected chi connectivity index (χ4v) is 0.908. The minimum absolute atomic E-state index is 0.676. The molecule has 0 aliphatic carbocycles. The summed E-state index contributed by atoms with van der Waals surface area (Å²) < 4.78 is 1.81. The minimum Gasteiger partial charge on any atom is -0.374 e. The van der Waals surface area contributed by atoms with Gasteiger partial charge in [-0.25, -0.2) is 4.98 Å². The number of aromatic nitrogens is 2. The van der Waals surface area contributed by atoms with Gasteiger partial charge >= 0.3 is 0 Å². The summed E-state index contributed by atoms with van der Waals surface area (Å²) >= 11 is 0. The summed E-state index contributed by atoms with van der Waals surface area (Å²) in [5.41, 5.74) is 0.676. The molecule has 1 rings (SSSR count). The van der Waals surface area contributed by atoms with Gasteiger partial charge in [0.25, 0.3) is 0 Å². The standard InChI is InChI=1S/C8H10N2O/c1-3-8(11)7-5-9-6-10(7)4-2/h1,5-6,8,11H,4H2,2H3. The maximum atomic E-state index is 9.23. The molecule has 11 heavy (non-hydrogen) atoms. The third-order valence-electron chi connectivity index (χ3n) is 1.52. The van der Waals surface area contributed by atoms with Crippen molar-refractivity contribution in [3.05, 3.63) is 18.2 Å². The second kappa shape index (κ2) is 3.22. The van der Waals surface area contributed by atoms with E-state index in [-0.39, 0.29) is 0 Å². The molecule has 0 radical (unpaired) electrons. The van der Waals surface area contributed by atoms with Crippen molar-refractivity contribution in [1.82, 2.24) is 9.55 Å². The third-order valence-corrected chi connectivity index (χ3v) is 1.52. The van der Waals surface area contributed by atoms with Crippen molar-refractivity contribution in [3.63, 3.8) is 0 Å². The molecule has 1 aromatic heterocycles. The first-order valence-corrected chi connectivity index (χ1v) is 3.43. The Labute approximate surface area is 65.7 Å². The van der Waals surface area contributed by atoms with Gasteiger partial charge in [-0.2, -0.15) is 0 Å². The molecule has 1 unspecified atom stereocenters. The van der Waals surface area contributed by atoms with Crippen LogP contribution in [0.4, 0.5) is 0 Å². The van der Waals surface area contributed by atoms with Crippen LogP contribution in [-0.4, -0.2) is 14.7 Å². The Morgan fingerprint density at radius 2 is 2.64 bits per heavy atom. The highest BCUT2D eigenvalue weighted by molar-refractivity contribution is 5.13. The molecule has 1 atom stereocenters. The lowest BCUT2D eigenvalue weighted by Crippen LogP contribution is -2.03. The molecule has 0 aromatic carbocycles. The Bertz CT molecular complexity index is 272. The number of aliphatic hydroxyl groups excluding tert-OH is 1. The van der Waals surface area contributed by atoms with Crippen LogP contribution in [0.25, 0.3) is 0 Å². The van der Waals surface area contributed by atoms with Crippen LogP contribution >= 0.6 is 0 Å². The number of nitrogens with zero attached hydrogens (tertiary/aromatic N) is 2. The lowest BCUT2D eigenvalue weighted by atomic mass is 10.3. The normalized spacial score (nSPS) is 12.5. The number of terminal acetylenes is 1. The van der Waals surface area contributed by atoms with E-state index in [4.69, 9.17) is 6.42 Å². The average molecular weight is 150 g/mol. The molecule has 3 heteroatoms. The molecular formula is C8H10N2O. The quantitative estimate of drug-likeness (QED) is 0.626. The van der Waals surface area contributed by atoms with E-state index in [1.165, 1.54) is 0 Å². The molecular weight excluding hydrogens is 140 g/mol. The van der Waals surface area contributed by atoms with E-state index in [0.29, 0.717) is 5.69 Å². The van der Waals surface area contributed by atoms with Crippen LogP contribution in [0.5, 0.6) is 0 Å². The number of imidazole rings is 1. The van der Waals surface area contributed by atoms with Crippen molar-refractivity contribution < 1.29 is 5.11 Å². The second-order valence-electron chi connectivity index (χ2n) is 2.17. The Morgan fingerprint density at radius 3 is 3.18 bits per heavy atom. The van der Waals surface area contributed by atoms with E-state index in [2.05, 4.69) is 10.9 Å². The van der Waals surface area contributed by atoms with Gasteiger partial charge in [-0.3, -0.25) is 0 Å². The van der Waals surface area contributed by atoms with E-state index in [1.54, 1.807) is 12.5 Å². The van der Waals surface area contributed by atoms with Crippen molar-refractivity contribution in [2.75, 3.05) is 0 Å². The topological polar surface area (TPSA) is 38.1 Å². The zero-order chi connectivity index (χ0) is 8.27. The van der Waals surface area contributed by atoms with Crippen molar-refractivity contribution >= 4 is 0 Å². The van der Waals surface area contributed by atoms with E-state index < -0.39 is 6.10 Å². The SMILES string of the molecule is C#CC(O)c1cncn1CC. The second-order valence-corrected chi connectivity index (χ2v) is 2.17. The van der Waals surface area contributed by atoms with E-state index in [1.807, 2.05) is 11.5 Å². The lowest BCUT2D eigenvalue weighted by Gasteiger charge is -2.05. The number of hydrogen-bond acceptors (Lipinski definition) is 2. The van der Waals surface area contributed by atoms with Gasteiger partial charge in [0.15, 0.2) is 6.10 Å². The van der Waals surface area contributed by atoms with Crippen LogP contribution in [0.15, 0.2) is 12.5 Å². The third kappa shape index (κ3) is 1.41. The van der Waals surface area contributed by atoms with Crippen LogP contribution in [0.3, 0.4) is 0 Å². The molecule has 0 amide bonds. The molecule has 0 aliphatic heterocycles. The summed E-state index contributed by atoms with van der Waals surface area (Å²) in [7, 11) is 0. The molecule has 1 aromatic rings. The largest absolute Gasteiger partial charge is 0.374 e. The van der Waals surface area contributed by atoms with Crippen LogP contribution < -0.4 is 0 Å². The summed E-state index contributed by atoms with van der Waals surface area (Å²) in [5.74, 6) is 2.24. The fourth-order valence-electron chi connectivity index (χ4n) is 0.908. The predicted octanol–water partition coefficient (Wildman–Crippen LogP) is 0.570. The fraction of sp³-hybridized carbons (Fsp3) is 0.375. The first-order valence-electron chi connectivity index (χ1n) is 3.43. The van der Waals surface area contributed by atoms with E-state index in [0.717, 1.165) is 6.54 Å². The number of aryl methyl sites for hydroxylation is 1. The summed E-state index contributed by atoms with van der Waals surface area (Å²) in [6.45, 7) is 2.74. The highest BCUT2D eigenvalue weighted by Gasteiger charge is 2.07. The molecule has 1 heterocycles. The number of hydrogen-bond donors (Lipinski definition) is 1. The van der Waals surface area contributed by atoms with E-state index in [9.17, 15) is 5.11 Å². The average Bonchev–Trinajstić information content (AvgIpc) is 2.50. The van der Waals surface area contributed by atoms with Crippen LogP contribution in [0.1, 0.15) is 18.7 Å². The van der Waals surface area contributed by atoms with Gasteiger partial charge in [0.2, 0.25) is 0 Å². The van der Waals surface area contributed by atoms with Gasteiger partial charge in [0.1, 0.15) is 0 Å². The lowest BCUT2D eigenvalue weighted by molar-refractivity contribution is 0.228. The Morgan fingerprint density at radius 1 is 1.91 bits per heavy atom. The number of aliphatic hydroxyl groups is 1. The molecule has 0 spiro atoms. The zero-order valence-corrected chi connectivity index (χ0v) is 6.36. The van der Waals surface area contributed by atoms with E-state index >= 15 is 0 Å². The smallest absolute Gasteiger partial charge is 0.156 e. The first kappa shape index (κ1) is 7.83. The van der Waals surface area contributed by atoms with Gasteiger partial charge in [-0.15, -0.1) is 6.42 Å². The van der Waals surface area contributed by atoms with Gasteiger partial charge in [0, 0.05) is 6.54 Å². The molecule has 3 nitrogen and oxygen atoms in total. The molecule has 0 fully saturated rings.